The van der Waals surface area contributed by atoms with Crippen LogP contribution in [0.1, 0.15) is 11.5 Å². The van der Waals surface area contributed by atoms with Gasteiger partial charge in [0.1, 0.15) is 0 Å². The zero-order chi connectivity index (χ0) is 29.0. The average molecular weight is 563 g/mol. The molecule has 0 saturated heterocycles. The molecule has 1 aliphatic carbocycles. The van der Waals surface area contributed by atoms with Crippen LogP contribution in [0, 0.1) is 0 Å². The predicted octanol–water partition coefficient (Wildman–Crippen LogP) is 10.8. The van der Waals surface area contributed by atoms with Gasteiger partial charge in [0.2, 0.25) is 0 Å². The van der Waals surface area contributed by atoms with E-state index in [-0.39, 0.29) is 6.04 Å². The number of allylic oxidation sites excluding steroid dienone is 2. The molecule has 0 spiro atoms. The van der Waals surface area contributed by atoms with Gasteiger partial charge in [-0.2, -0.15) is 0 Å². The van der Waals surface area contributed by atoms with Gasteiger partial charge in [-0.15, -0.1) is 0 Å². The van der Waals surface area contributed by atoms with E-state index in [9.17, 15) is 0 Å². The van der Waals surface area contributed by atoms with Crippen molar-refractivity contribution in [1.82, 2.24) is 4.57 Å². The molecule has 0 saturated carbocycles. The van der Waals surface area contributed by atoms with E-state index >= 15 is 0 Å². The van der Waals surface area contributed by atoms with E-state index in [0.717, 1.165) is 0 Å². The minimum absolute atomic E-state index is 0.258. The van der Waals surface area contributed by atoms with E-state index in [2.05, 4.69) is 179 Å². The van der Waals surface area contributed by atoms with Gasteiger partial charge in [-0.3, -0.25) is 0 Å². The fourth-order valence-electron chi connectivity index (χ4n) is 7.29. The Bertz CT molecular complexity index is 2180. The van der Waals surface area contributed by atoms with Crippen molar-refractivity contribution < 1.29 is 0 Å². The first-order valence-electron chi connectivity index (χ1n) is 15.4. The van der Waals surface area contributed by atoms with Gasteiger partial charge in [-0.25, -0.2) is 0 Å². The second kappa shape index (κ2) is 10.00. The molecule has 2 unspecified atom stereocenters. The maximum Gasteiger partial charge on any atom is 0.0629 e. The number of rotatable bonds is 4. The van der Waals surface area contributed by atoms with Crippen molar-refractivity contribution in [1.29, 1.82) is 0 Å². The van der Waals surface area contributed by atoms with Crippen LogP contribution in [0.5, 0.6) is 0 Å². The lowest BCUT2D eigenvalue weighted by Gasteiger charge is -2.29. The van der Waals surface area contributed by atoms with Gasteiger partial charge in [-0.1, -0.05) is 121 Å². The van der Waals surface area contributed by atoms with Gasteiger partial charge < -0.3 is 9.47 Å². The molecule has 0 amide bonds. The van der Waals surface area contributed by atoms with E-state index in [1.807, 2.05) is 0 Å². The van der Waals surface area contributed by atoms with E-state index < -0.39 is 0 Å². The highest BCUT2D eigenvalue weighted by Crippen LogP contribution is 2.49. The zero-order valence-electron chi connectivity index (χ0n) is 24.2. The van der Waals surface area contributed by atoms with E-state index in [4.69, 9.17) is 0 Å². The van der Waals surface area contributed by atoms with Crippen molar-refractivity contribution >= 4 is 33.2 Å². The first-order chi connectivity index (χ1) is 21.8. The fraction of sp³-hybridized carbons (Fsp3) is 0.0476. The van der Waals surface area contributed by atoms with Gasteiger partial charge in [-0.05, 0) is 76.3 Å². The minimum Gasteiger partial charge on any atom is -0.333 e. The molecule has 2 aliphatic rings. The third-order valence-corrected chi connectivity index (χ3v) is 9.32. The fourth-order valence-corrected chi connectivity index (χ4v) is 7.29. The Morgan fingerprint density at radius 2 is 1.05 bits per heavy atom. The van der Waals surface area contributed by atoms with Gasteiger partial charge in [0.05, 0.1) is 17.1 Å². The number of hydrogen-bond acceptors (Lipinski definition) is 1. The third kappa shape index (κ3) is 3.88. The molecule has 0 fully saturated rings. The van der Waals surface area contributed by atoms with Gasteiger partial charge >= 0.3 is 0 Å². The van der Waals surface area contributed by atoms with Crippen LogP contribution in [0.15, 0.2) is 170 Å². The topological polar surface area (TPSA) is 8.17 Å². The van der Waals surface area contributed by atoms with Crippen molar-refractivity contribution in [3.8, 4) is 27.9 Å². The number of nitrogens with zero attached hydrogens (tertiary/aromatic N) is 2. The Hall–Kier alpha value is -5.60. The summed E-state index contributed by atoms with van der Waals surface area (Å²) in [6.07, 6.45) is 9.09. The van der Waals surface area contributed by atoms with Crippen molar-refractivity contribution in [3.05, 3.63) is 175 Å². The molecule has 2 heteroatoms. The highest BCUT2D eigenvalue weighted by atomic mass is 15.2. The second-order valence-electron chi connectivity index (χ2n) is 11.8. The predicted molar refractivity (Wildman–Crippen MR) is 185 cm³/mol. The van der Waals surface area contributed by atoms with Crippen molar-refractivity contribution in [2.24, 2.45) is 0 Å². The standard InChI is InChI=1S/C42H30N2/c1-2-11-29(12-3-1)31-13-10-14-34(27-31)44-41-20-9-6-17-37(41)38-28-32(23-26-42(38)44)30-21-24-33(25-22-30)43-39-18-7-4-15-35(39)36-16-5-8-19-40(36)43/h1-28,37,41H. The number of fused-ring (bicyclic) bond motifs is 6. The quantitative estimate of drug-likeness (QED) is 0.207. The van der Waals surface area contributed by atoms with Crippen LogP contribution in [0.3, 0.4) is 0 Å². The van der Waals surface area contributed by atoms with Crippen molar-refractivity contribution in [3.63, 3.8) is 0 Å². The van der Waals surface area contributed by atoms with E-state index in [1.165, 1.54) is 66.7 Å². The highest BCUT2D eigenvalue weighted by Gasteiger charge is 2.37. The number of benzene rings is 6. The lowest BCUT2D eigenvalue weighted by Crippen LogP contribution is -2.28. The molecule has 7 aromatic rings. The molecule has 0 bridgehead atoms. The number of anilines is 2. The van der Waals surface area contributed by atoms with Crippen LogP contribution in [0.2, 0.25) is 0 Å². The van der Waals surface area contributed by atoms with Gasteiger partial charge in [0.15, 0.2) is 0 Å². The number of para-hydroxylation sites is 2. The summed E-state index contributed by atoms with van der Waals surface area (Å²) in [6, 6.07) is 53.3. The largest absolute Gasteiger partial charge is 0.333 e. The molecule has 44 heavy (non-hydrogen) atoms. The molecule has 1 aliphatic heterocycles. The second-order valence-corrected chi connectivity index (χ2v) is 11.8. The van der Waals surface area contributed by atoms with Crippen LogP contribution in [-0.4, -0.2) is 10.6 Å². The summed E-state index contributed by atoms with van der Waals surface area (Å²) in [5, 5.41) is 2.57. The highest BCUT2D eigenvalue weighted by molar-refractivity contribution is 6.09. The third-order valence-electron chi connectivity index (χ3n) is 9.32. The molecule has 2 heterocycles. The first kappa shape index (κ1) is 24.9. The molecular formula is C42H30N2. The van der Waals surface area contributed by atoms with Crippen molar-refractivity contribution in [2.75, 3.05) is 4.90 Å². The Kier molecular flexibility index (Phi) is 5.67. The molecule has 1 aromatic heterocycles. The van der Waals surface area contributed by atoms with Crippen LogP contribution >= 0.6 is 0 Å². The Labute approximate surface area is 257 Å². The summed E-state index contributed by atoms with van der Waals surface area (Å²) in [4.78, 5) is 2.52. The Balaban J connectivity index is 1.10. The Morgan fingerprint density at radius 1 is 0.432 bits per heavy atom. The number of aromatic nitrogens is 1. The molecule has 208 valence electrons. The summed E-state index contributed by atoms with van der Waals surface area (Å²) >= 11 is 0. The minimum atomic E-state index is 0.258. The molecule has 2 nitrogen and oxygen atoms in total. The maximum absolute atomic E-state index is 2.52. The van der Waals surface area contributed by atoms with Crippen molar-refractivity contribution in [2.45, 2.75) is 12.0 Å². The summed E-state index contributed by atoms with van der Waals surface area (Å²) < 4.78 is 2.38. The average Bonchev–Trinajstić information content (AvgIpc) is 3.62. The smallest absolute Gasteiger partial charge is 0.0629 e. The van der Waals surface area contributed by atoms with Crippen LogP contribution < -0.4 is 4.90 Å². The van der Waals surface area contributed by atoms with E-state index in [1.54, 1.807) is 0 Å². The molecule has 6 aromatic carbocycles. The monoisotopic (exact) mass is 562 g/mol. The SMILES string of the molecule is C1=CC2c3cc(-c4ccc(-n5c6ccccc6c6ccccc65)cc4)ccc3N(c3cccc(-c4ccccc4)c3)C2C=C1. The molecule has 2 atom stereocenters. The lowest BCUT2D eigenvalue weighted by atomic mass is 9.89. The van der Waals surface area contributed by atoms with Crippen LogP contribution in [-0.2, 0) is 0 Å². The molecule has 9 rings (SSSR count). The molecule has 0 N–H and O–H groups in total. The number of hydrogen-bond donors (Lipinski definition) is 0. The summed E-state index contributed by atoms with van der Waals surface area (Å²) in [6.45, 7) is 0. The van der Waals surface area contributed by atoms with Crippen LogP contribution in [0.4, 0.5) is 11.4 Å². The summed E-state index contributed by atoms with van der Waals surface area (Å²) in [7, 11) is 0. The first-order valence-corrected chi connectivity index (χ1v) is 15.4. The summed E-state index contributed by atoms with van der Waals surface area (Å²) in [5.74, 6) is 0.312. The molecule has 0 radical (unpaired) electrons. The zero-order valence-corrected chi connectivity index (χ0v) is 24.2. The summed E-state index contributed by atoms with van der Waals surface area (Å²) in [5.41, 5.74) is 12.5. The maximum atomic E-state index is 2.52. The normalized spacial score (nSPS) is 16.9. The van der Waals surface area contributed by atoms with Gasteiger partial charge in [0.25, 0.3) is 0 Å². The lowest BCUT2D eigenvalue weighted by molar-refractivity contribution is 0.745. The van der Waals surface area contributed by atoms with Gasteiger partial charge in [0, 0.05) is 33.8 Å². The van der Waals surface area contributed by atoms with E-state index in [0.29, 0.717) is 5.92 Å². The van der Waals surface area contributed by atoms with Crippen LogP contribution in [0.25, 0.3) is 49.7 Å². The Morgan fingerprint density at radius 3 is 1.82 bits per heavy atom. The molecular weight excluding hydrogens is 532 g/mol.